The second kappa shape index (κ2) is 6.70. The van der Waals surface area contributed by atoms with Crippen LogP contribution in [0, 0.1) is 0 Å². The summed E-state index contributed by atoms with van der Waals surface area (Å²) in [4.78, 5) is 15.2. The Morgan fingerprint density at radius 3 is 2.19 bits per heavy atom. The lowest BCUT2D eigenvalue weighted by molar-refractivity contribution is 0.0348. The van der Waals surface area contributed by atoms with E-state index in [-0.39, 0.29) is 12.6 Å². The van der Waals surface area contributed by atoms with Crippen LogP contribution in [0.2, 0.25) is 0 Å². The summed E-state index contributed by atoms with van der Waals surface area (Å²) in [6, 6.07) is -0.121. The highest BCUT2D eigenvalue weighted by Crippen LogP contribution is 2.02. The molecule has 0 saturated carbocycles. The van der Waals surface area contributed by atoms with Gasteiger partial charge in [-0.3, -0.25) is 0 Å². The van der Waals surface area contributed by atoms with E-state index in [0.29, 0.717) is 19.6 Å². The molecule has 0 saturated heterocycles. The first-order chi connectivity index (χ1) is 7.32. The van der Waals surface area contributed by atoms with E-state index in [1.165, 1.54) is 0 Å². The molecule has 5 nitrogen and oxygen atoms in total. The van der Waals surface area contributed by atoms with Crippen molar-refractivity contribution in [2.45, 2.75) is 26.4 Å². The van der Waals surface area contributed by atoms with Gasteiger partial charge in [0, 0.05) is 26.2 Å². The van der Waals surface area contributed by atoms with Crippen LogP contribution in [-0.2, 0) is 0 Å². The van der Waals surface area contributed by atoms with E-state index in [0.717, 1.165) is 0 Å². The molecule has 5 heteroatoms. The van der Waals surface area contributed by atoms with Gasteiger partial charge in [-0.15, -0.1) is 0 Å². The van der Waals surface area contributed by atoms with Gasteiger partial charge in [0.05, 0.1) is 5.60 Å². The summed E-state index contributed by atoms with van der Waals surface area (Å²) in [7, 11) is 3.78. The third-order valence-corrected chi connectivity index (χ3v) is 2.33. The zero-order chi connectivity index (χ0) is 12.8. The van der Waals surface area contributed by atoms with Gasteiger partial charge in [0.1, 0.15) is 0 Å². The SMILES string of the molecule is CCN(CC)C(=O)NCC(C)(O)CN(C)C. The Kier molecular flexibility index (Phi) is 6.36. The molecular weight excluding hydrogens is 206 g/mol. The van der Waals surface area contributed by atoms with Crippen LogP contribution in [0.3, 0.4) is 0 Å². The molecule has 1 atom stereocenters. The van der Waals surface area contributed by atoms with E-state index in [1.54, 1.807) is 11.8 Å². The van der Waals surface area contributed by atoms with Crippen LogP contribution < -0.4 is 5.32 Å². The van der Waals surface area contributed by atoms with Gasteiger partial charge in [0.2, 0.25) is 0 Å². The molecule has 0 aromatic heterocycles. The second-order valence-corrected chi connectivity index (χ2v) is 4.57. The molecule has 1 unspecified atom stereocenters. The fraction of sp³-hybridized carbons (Fsp3) is 0.909. The Morgan fingerprint density at radius 2 is 1.81 bits per heavy atom. The Labute approximate surface area is 98.4 Å². The lowest BCUT2D eigenvalue weighted by Gasteiger charge is -2.28. The van der Waals surface area contributed by atoms with E-state index in [4.69, 9.17) is 0 Å². The molecule has 0 aliphatic carbocycles. The van der Waals surface area contributed by atoms with Crippen molar-refractivity contribution in [3.63, 3.8) is 0 Å². The van der Waals surface area contributed by atoms with Gasteiger partial charge in [-0.2, -0.15) is 0 Å². The lowest BCUT2D eigenvalue weighted by Crippen LogP contribution is -2.50. The zero-order valence-electron chi connectivity index (χ0n) is 11.1. The Morgan fingerprint density at radius 1 is 1.31 bits per heavy atom. The van der Waals surface area contributed by atoms with Crippen molar-refractivity contribution in [1.82, 2.24) is 15.1 Å². The first-order valence-electron chi connectivity index (χ1n) is 5.72. The number of urea groups is 1. The topological polar surface area (TPSA) is 55.8 Å². The van der Waals surface area contributed by atoms with E-state index in [1.807, 2.05) is 32.8 Å². The predicted octanol–water partition coefficient (Wildman–Crippen LogP) is 0.350. The van der Waals surface area contributed by atoms with Crippen molar-refractivity contribution >= 4 is 6.03 Å². The lowest BCUT2D eigenvalue weighted by atomic mass is 10.1. The van der Waals surface area contributed by atoms with Crippen LogP contribution >= 0.6 is 0 Å². The zero-order valence-corrected chi connectivity index (χ0v) is 11.1. The summed E-state index contributed by atoms with van der Waals surface area (Å²) >= 11 is 0. The molecule has 0 spiro atoms. The highest BCUT2D eigenvalue weighted by atomic mass is 16.3. The van der Waals surface area contributed by atoms with Gasteiger partial charge in [0.15, 0.2) is 0 Å². The molecule has 2 amide bonds. The average Bonchev–Trinajstić information content (AvgIpc) is 2.15. The van der Waals surface area contributed by atoms with E-state index < -0.39 is 5.60 Å². The highest BCUT2D eigenvalue weighted by molar-refractivity contribution is 5.74. The van der Waals surface area contributed by atoms with Crippen molar-refractivity contribution in [3.8, 4) is 0 Å². The maximum absolute atomic E-state index is 11.6. The molecule has 0 heterocycles. The standard InChI is InChI=1S/C11H25N3O2/c1-6-14(7-2)10(15)12-8-11(3,16)9-13(4)5/h16H,6-9H2,1-5H3,(H,12,15). The largest absolute Gasteiger partial charge is 0.387 e. The van der Waals surface area contributed by atoms with Gasteiger partial charge in [-0.1, -0.05) is 0 Å². The van der Waals surface area contributed by atoms with Crippen LogP contribution in [0.1, 0.15) is 20.8 Å². The van der Waals surface area contributed by atoms with E-state index >= 15 is 0 Å². The number of carbonyl (C=O) groups is 1. The van der Waals surface area contributed by atoms with Crippen LogP contribution in [0.5, 0.6) is 0 Å². The maximum Gasteiger partial charge on any atom is 0.317 e. The number of rotatable bonds is 6. The quantitative estimate of drug-likeness (QED) is 0.693. The Bertz CT molecular complexity index is 213. The molecule has 0 aromatic carbocycles. The van der Waals surface area contributed by atoms with E-state index in [2.05, 4.69) is 5.32 Å². The number of amides is 2. The van der Waals surface area contributed by atoms with Gasteiger partial charge in [-0.05, 0) is 34.9 Å². The first-order valence-corrected chi connectivity index (χ1v) is 5.72. The fourth-order valence-corrected chi connectivity index (χ4v) is 1.63. The van der Waals surface area contributed by atoms with Gasteiger partial charge in [-0.25, -0.2) is 4.79 Å². The minimum atomic E-state index is -0.897. The molecule has 0 aliphatic rings. The molecule has 16 heavy (non-hydrogen) atoms. The monoisotopic (exact) mass is 231 g/mol. The predicted molar refractivity (Wildman–Crippen MR) is 65.5 cm³/mol. The van der Waals surface area contributed by atoms with Gasteiger partial charge < -0.3 is 20.2 Å². The second-order valence-electron chi connectivity index (χ2n) is 4.57. The molecule has 0 aromatic rings. The molecule has 0 radical (unpaired) electrons. The average molecular weight is 231 g/mol. The van der Waals surface area contributed by atoms with Crippen molar-refractivity contribution < 1.29 is 9.90 Å². The Balaban J connectivity index is 4.08. The molecule has 0 aliphatic heterocycles. The van der Waals surface area contributed by atoms with E-state index in [9.17, 15) is 9.90 Å². The minimum absolute atomic E-state index is 0.121. The third-order valence-electron chi connectivity index (χ3n) is 2.33. The molecule has 0 bridgehead atoms. The number of likely N-dealkylation sites (N-methyl/N-ethyl adjacent to an activating group) is 1. The molecule has 0 rings (SSSR count). The fourth-order valence-electron chi connectivity index (χ4n) is 1.63. The summed E-state index contributed by atoms with van der Waals surface area (Å²) in [6.07, 6.45) is 0. The number of carbonyl (C=O) groups excluding carboxylic acids is 1. The summed E-state index contributed by atoms with van der Waals surface area (Å²) in [6.45, 7) is 7.72. The van der Waals surface area contributed by atoms with Gasteiger partial charge >= 0.3 is 6.03 Å². The molecular formula is C11H25N3O2. The summed E-state index contributed by atoms with van der Waals surface area (Å²) < 4.78 is 0. The van der Waals surface area contributed by atoms with Crippen molar-refractivity contribution in [3.05, 3.63) is 0 Å². The molecule has 96 valence electrons. The first kappa shape index (κ1) is 15.2. The van der Waals surface area contributed by atoms with Crippen LogP contribution in [0.4, 0.5) is 4.79 Å². The number of hydrogen-bond donors (Lipinski definition) is 2. The third kappa shape index (κ3) is 5.92. The highest BCUT2D eigenvalue weighted by Gasteiger charge is 2.22. The van der Waals surface area contributed by atoms with Gasteiger partial charge in [0.25, 0.3) is 0 Å². The number of nitrogens with zero attached hydrogens (tertiary/aromatic N) is 2. The number of nitrogens with one attached hydrogen (secondary N) is 1. The molecule has 2 N–H and O–H groups in total. The van der Waals surface area contributed by atoms with Crippen LogP contribution in [0.15, 0.2) is 0 Å². The maximum atomic E-state index is 11.6. The minimum Gasteiger partial charge on any atom is -0.387 e. The normalized spacial score (nSPS) is 14.7. The smallest absolute Gasteiger partial charge is 0.317 e. The van der Waals surface area contributed by atoms with Crippen molar-refractivity contribution in [2.75, 3.05) is 40.3 Å². The molecule has 0 fully saturated rings. The van der Waals surface area contributed by atoms with Crippen LogP contribution in [-0.4, -0.2) is 66.8 Å². The number of hydrogen-bond acceptors (Lipinski definition) is 3. The Hall–Kier alpha value is -0.810. The van der Waals surface area contributed by atoms with Crippen molar-refractivity contribution in [2.24, 2.45) is 0 Å². The van der Waals surface area contributed by atoms with Crippen LogP contribution in [0.25, 0.3) is 0 Å². The number of aliphatic hydroxyl groups is 1. The summed E-state index contributed by atoms with van der Waals surface area (Å²) in [5.74, 6) is 0. The summed E-state index contributed by atoms with van der Waals surface area (Å²) in [5.41, 5.74) is -0.897. The summed E-state index contributed by atoms with van der Waals surface area (Å²) in [5, 5.41) is 12.7. The van der Waals surface area contributed by atoms with Crippen molar-refractivity contribution in [1.29, 1.82) is 0 Å².